The Morgan fingerprint density at radius 2 is 1.34 bits per heavy atom. The van der Waals surface area contributed by atoms with Gasteiger partial charge in [0.05, 0.1) is 31.1 Å². The molecule has 0 radical (unpaired) electrons. The Labute approximate surface area is 193 Å². The van der Waals surface area contributed by atoms with Crippen LogP contribution in [0.4, 0.5) is 0 Å². The first kappa shape index (κ1) is 20.7. The minimum absolute atomic E-state index is 0.130. The van der Waals surface area contributed by atoms with Crippen molar-refractivity contribution in [2.45, 2.75) is 6.04 Å². The van der Waals surface area contributed by atoms with Crippen LogP contribution < -0.4 is 4.90 Å². The molecule has 0 aliphatic carbocycles. The van der Waals surface area contributed by atoms with E-state index < -0.39 is 0 Å². The van der Waals surface area contributed by atoms with Gasteiger partial charge in [-0.1, -0.05) is 91.0 Å². The molecule has 1 fully saturated rings. The van der Waals surface area contributed by atoms with Gasteiger partial charge in [-0.25, -0.2) is 0 Å². The molecule has 1 amide bonds. The van der Waals surface area contributed by atoms with Gasteiger partial charge in [-0.3, -0.25) is 4.79 Å². The van der Waals surface area contributed by atoms with Crippen LogP contribution in [0.15, 0.2) is 101 Å². The number of quaternary nitrogens is 1. The second kappa shape index (κ2) is 9.55. The number of amides is 1. The highest BCUT2D eigenvalue weighted by atomic mass is 32.2. The number of hydrogen-bond donors (Lipinski definition) is 1. The molecule has 0 spiro atoms. The SMILES string of the molecule is O=C1N=C(N2CC[NH+](C(c3ccccc3)c3ccccc3)CC2)S/C1=C\c1ccccc1. The number of thioether (sulfide) groups is 1. The molecule has 0 atom stereocenters. The zero-order valence-corrected chi connectivity index (χ0v) is 18.7. The van der Waals surface area contributed by atoms with Crippen LogP contribution in [0.2, 0.25) is 0 Å². The fourth-order valence-electron chi connectivity index (χ4n) is 4.46. The van der Waals surface area contributed by atoms with Crippen molar-refractivity contribution in [3.05, 3.63) is 113 Å². The number of carbonyl (C=O) groups excluding carboxylic acids is 1. The first-order valence-electron chi connectivity index (χ1n) is 11.0. The summed E-state index contributed by atoms with van der Waals surface area (Å²) >= 11 is 1.50. The molecular formula is C27H26N3OS+. The molecule has 5 rings (SSSR count). The molecule has 2 heterocycles. The van der Waals surface area contributed by atoms with Crippen LogP contribution in [0.1, 0.15) is 22.7 Å². The summed E-state index contributed by atoms with van der Waals surface area (Å²) in [4.78, 5) is 21.4. The van der Waals surface area contributed by atoms with Crippen LogP contribution >= 0.6 is 11.8 Å². The van der Waals surface area contributed by atoms with E-state index >= 15 is 0 Å². The third-order valence-corrected chi connectivity index (χ3v) is 7.10. The molecule has 2 aliphatic heterocycles. The van der Waals surface area contributed by atoms with Gasteiger partial charge < -0.3 is 9.80 Å². The number of hydrogen-bond acceptors (Lipinski definition) is 3. The zero-order valence-electron chi connectivity index (χ0n) is 17.9. The smallest absolute Gasteiger partial charge is 0.286 e. The lowest BCUT2D eigenvalue weighted by atomic mass is 9.96. The summed E-state index contributed by atoms with van der Waals surface area (Å²) in [5.41, 5.74) is 3.72. The van der Waals surface area contributed by atoms with E-state index in [1.54, 1.807) is 4.90 Å². The van der Waals surface area contributed by atoms with Crippen LogP contribution in [-0.4, -0.2) is 42.2 Å². The largest absolute Gasteiger partial charge is 0.339 e. The average molecular weight is 441 g/mol. The molecule has 4 nitrogen and oxygen atoms in total. The predicted octanol–water partition coefficient (Wildman–Crippen LogP) is 3.65. The fourth-order valence-corrected chi connectivity index (χ4v) is 5.43. The first-order chi connectivity index (χ1) is 15.8. The maximum absolute atomic E-state index is 12.5. The monoisotopic (exact) mass is 440 g/mol. The van der Waals surface area contributed by atoms with Crippen LogP contribution in [0, 0.1) is 0 Å². The number of amidine groups is 1. The Balaban J connectivity index is 1.29. The lowest BCUT2D eigenvalue weighted by Gasteiger charge is -2.37. The lowest BCUT2D eigenvalue weighted by Crippen LogP contribution is -3.15. The van der Waals surface area contributed by atoms with Crippen LogP contribution in [0.3, 0.4) is 0 Å². The van der Waals surface area contributed by atoms with E-state index in [2.05, 4.69) is 70.6 Å². The van der Waals surface area contributed by atoms with E-state index in [0.717, 1.165) is 36.9 Å². The minimum atomic E-state index is -0.130. The van der Waals surface area contributed by atoms with Gasteiger partial charge >= 0.3 is 0 Å². The van der Waals surface area contributed by atoms with Gasteiger partial charge in [0.2, 0.25) is 0 Å². The lowest BCUT2D eigenvalue weighted by molar-refractivity contribution is -0.929. The summed E-state index contributed by atoms with van der Waals surface area (Å²) in [6.45, 7) is 3.78. The maximum atomic E-state index is 12.5. The molecule has 32 heavy (non-hydrogen) atoms. The van der Waals surface area contributed by atoms with Crippen molar-refractivity contribution in [3.63, 3.8) is 0 Å². The number of nitrogens with zero attached hydrogens (tertiary/aromatic N) is 2. The summed E-state index contributed by atoms with van der Waals surface area (Å²) in [7, 11) is 0. The van der Waals surface area contributed by atoms with E-state index in [1.165, 1.54) is 22.9 Å². The van der Waals surface area contributed by atoms with Crippen molar-refractivity contribution >= 4 is 28.9 Å². The highest BCUT2D eigenvalue weighted by Gasteiger charge is 2.33. The topological polar surface area (TPSA) is 37.1 Å². The molecule has 1 N–H and O–H groups in total. The van der Waals surface area contributed by atoms with Crippen molar-refractivity contribution in [2.75, 3.05) is 26.2 Å². The van der Waals surface area contributed by atoms with E-state index in [0.29, 0.717) is 10.9 Å². The normalized spacial score (nSPS) is 18.4. The molecule has 5 heteroatoms. The molecular weight excluding hydrogens is 414 g/mol. The Bertz CT molecular complexity index is 1080. The van der Waals surface area contributed by atoms with Gasteiger partial charge in [0.15, 0.2) is 5.17 Å². The van der Waals surface area contributed by atoms with Gasteiger partial charge in [-0.05, 0) is 23.4 Å². The number of benzene rings is 3. The average Bonchev–Trinajstić information content (AvgIpc) is 3.22. The minimum Gasteiger partial charge on any atom is -0.339 e. The molecule has 0 saturated carbocycles. The molecule has 3 aromatic rings. The molecule has 1 saturated heterocycles. The van der Waals surface area contributed by atoms with Crippen molar-refractivity contribution in [1.29, 1.82) is 0 Å². The quantitative estimate of drug-likeness (QED) is 0.630. The van der Waals surface area contributed by atoms with E-state index in [4.69, 9.17) is 0 Å². The first-order valence-corrected chi connectivity index (χ1v) is 11.9. The molecule has 0 aromatic heterocycles. The van der Waals surface area contributed by atoms with E-state index in [-0.39, 0.29) is 5.91 Å². The van der Waals surface area contributed by atoms with Crippen molar-refractivity contribution in [3.8, 4) is 0 Å². The standard InChI is InChI=1S/C27H25N3OS/c31-26-24(20-21-10-4-1-5-11-21)32-27(28-26)30-18-16-29(17-19-30)25(22-12-6-2-7-13-22)23-14-8-3-9-15-23/h1-15,20,25H,16-19H2/p+1/b24-20-. The number of nitrogens with one attached hydrogen (secondary N) is 1. The number of piperazine rings is 1. The molecule has 160 valence electrons. The van der Waals surface area contributed by atoms with Gasteiger partial charge in [-0.2, -0.15) is 4.99 Å². The number of aliphatic imine (C=N–C) groups is 1. The molecule has 0 unspecified atom stereocenters. The second-order valence-electron chi connectivity index (χ2n) is 8.12. The number of carbonyl (C=O) groups is 1. The fraction of sp³-hybridized carbons (Fsp3) is 0.185. The van der Waals surface area contributed by atoms with E-state index in [1.807, 2.05) is 36.4 Å². The van der Waals surface area contributed by atoms with Crippen LogP contribution in [-0.2, 0) is 4.79 Å². The summed E-state index contributed by atoms with van der Waals surface area (Å²) in [6, 6.07) is 31.8. The van der Waals surface area contributed by atoms with Crippen molar-refractivity contribution < 1.29 is 9.69 Å². The highest BCUT2D eigenvalue weighted by molar-refractivity contribution is 8.18. The summed E-state index contributed by atoms with van der Waals surface area (Å²) in [5, 5.41) is 0.840. The van der Waals surface area contributed by atoms with Gasteiger partial charge in [0.25, 0.3) is 5.91 Å². The number of rotatable bonds is 4. The molecule has 0 bridgehead atoms. The third-order valence-electron chi connectivity index (χ3n) is 6.06. The van der Waals surface area contributed by atoms with E-state index in [9.17, 15) is 4.79 Å². The molecule has 2 aliphatic rings. The van der Waals surface area contributed by atoms with Crippen molar-refractivity contribution in [2.24, 2.45) is 4.99 Å². The maximum Gasteiger partial charge on any atom is 0.286 e. The predicted molar refractivity (Wildman–Crippen MR) is 131 cm³/mol. The molecule has 3 aromatic carbocycles. The summed E-state index contributed by atoms with van der Waals surface area (Å²) in [5.74, 6) is -0.130. The van der Waals surface area contributed by atoms with Gasteiger partial charge in [0, 0.05) is 11.1 Å². The van der Waals surface area contributed by atoms with Gasteiger partial charge in [-0.15, -0.1) is 0 Å². The Morgan fingerprint density at radius 3 is 1.91 bits per heavy atom. The third kappa shape index (κ3) is 4.54. The highest BCUT2D eigenvalue weighted by Crippen LogP contribution is 2.30. The van der Waals surface area contributed by atoms with Crippen LogP contribution in [0.25, 0.3) is 6.08 Å². The van der Waals surface area contributed by atoms with Crippen molar-refractivity contribution in [1.82, 2.24) is 4.90 Å². The Morgan fingerprint density at radius 1 is 0.812 bits per heavy atom. The Kier molecular flexibility index (Phi) is 6.19. The summed E-state index contributed by atoms with van der Waals surface area (Å²) in [6.07, 6.45) is 1.94. The van der Waals surface area contributed by atoms with Gasteiger partial charge in [0.1, 0.15) is 6.04 Å². The zero-order chi connectivity index (χ0) is 21.8. The second-order valence-corrected chi connectivity index (χ2v) is 9.13. The summed E-state index contributed by atoms with van der Waals surface area (Å²) < 4.78 is 0. The Hall–Kier alpha value is -3.15. The van der Waals surface area contributed by atoms with Crippen LogP contribution in [0.5, 0.6) is 0 Å².